The van der Waals surface area contributed by atoms with Crippen LogP contribution in [0.3, 0.4) is 0 Å². The molecule has 19 heavy (non-hydrogen) atoms. The molecule has 4 heteroatoms. The molecule has 0 bridgehead atoms. The molecule has 0 unspecified atom stereocenters. The van der Waals surface area contributed by atoms with Gasteiger partial charge in [0.25, 0.3) is 0 Å². The quantitative estimate of drug-likeness (QED) is 0.915. The van der Waals surface area contributed by atoms with Crippen LogP contribution in [-0.2, 0) is 4.79 Å². The van der Waals surface area contributed by atoms with Gasteiger partial charge in [-0.25, -0.2) is 9.97 Å². The lowest BCUT2D eigenvalue weighted by molar-refractivity contribution is -0.122. The second kappa shape index (κ2) is 5.18. The molecule has 1 fully saturated rings. The van der Waals surface area contributed by atoms with Gasteiger partial charge in [0.05, 0.1) is 18.1 Å². The van der Waals surface area contributed by atoms with E-state index in [4.69, 9.17) is 0 Å². The van der Waals surface area contributed by atoms with Gasteiger partial charge in [-0.2, -0.15) is 0 Å². The van der Waals surface area contributed by atoms with E-state index in [0.29, 0.717) is 11.5 Å². The first-order chi connectivity index (χ1) is 9.33. The predicted molar refractivity (Wildman–Crippen MR) is 73.4 cm³/mol. The van der Waals surface area contributed by atoms with Crippen molar-refractivity contribution in [3.63, 3.8) is 0 Å². The van der Waals surface area contributed by atoms with E-state index >= 15 is 0 Å². The van der Waals surface area contributed by atoms with Crippen molar-refractivity contribution in [2.75, 3.05) is 5.32 Å². The highest BCUT2D eigenvalue weighted by molar-refractivity contribution is 5.92. The molecule has 0 spiro atoms. The molecule has 1 N–H and O–H groups in total. The predicted octanol–water partition coefficient (Wildman–Crippen LogP) is 2.88. The summed E-state index contributed by atoms with van der Waals surface area (Å²) < 4.78 is 0. The van der Waals surface area contributed by atoms with Gasteiger partial charge in [-0.05, 0) is 12.8 Å². The number of hydrogen-bond donors (Lipinski definition) is 1. The van der Waals surface area contributed by atoms with Crippen LogP contribution in [0.25, 0.3) is 11.4 Å². The summed E-state index contributed by atoms with van der Waals surface area (Å²) in [7, 11) is 0. The van der Waals surface area contributed by atoms with E-state index in [1.807, 2.05) is 30.3 Å². The van der Waals surface area contributed by atoms with E-state index in [2.05, 4.69) is 15.3 Å². The third-order valence-electron chi connectivity index (χ3n) is 3.43. The van der Waals surface area contributed by atoms with Crippen LogP contribution in [0.5, 0.6) is 0 Å². The Morgan fingerprint density at radius 3 is 2.37 bits per heavy atom. The molecule has 1 amide bonds. The Morgan fingerprint density at radius 2 is 1.79 bits per heavy atom. The fraction of sp³-hybridized carbons (Fsp3) is 0.267. The topological polar surface area (TPSA) is 54.9 Å². The monoisotopic (exact) mass is 253 g/mol. The molecule has 4 nitrogen and oxygen atoms in total. The van der Waals surface area contributed by atoms with Crippen LogP contribution in [0.15, 0.2) is 42.7 Å². The van der Waals surface area contributed by atoms with E-state index in [1.165, 1.54) is 0 Å². The zero-order chi connectivity index (χ0) is 13.1. The molecule has 0 aliphatic heterocycles. The minimum atomic E-state index is 0.0855. The summed E-state index contributed by atoms with van der Waals surface area (Å²) in [5.41, 5.74) is 1.64. The molecule has 1 aliphatic rings. The lowest BCUT2D eigenvalue weighted by atomic mass is 9.85. The number of nitrogens with zero attached hydrogens (tertiary/aromatic N) is 2. The minimum Gasteiger partial charge on any atom is -0.323 e. The van der Waals surface area contributed by atoms with Crippen molar-refractivity contribution in [1.29, 1.82) is 0 Å². The summed E-state index contributed by atoms with van der Waals surface area (Å²) in [4.78, 5) is 20.3. The minimum absolute atomic E-state index is 0.0855. The molecule has 0 radical (unpaired) electrons. The normalized spacial score (nSPS) is 14.7. The van der Waals surface area contributed by atoms with Crippen LogP contribution >= 0.6 is 0 Å². The lowest BCUT2D eigenvalue weighted by Crippen LogP contribution is -2.28. The zero-order valence-corrected chi connectivity index (χ0v) is 10.5. The maximum absolute atomic E-state index is 11.8. The van der Waals surface area contributed by atoms with Crippen LogP contribution in [0.2, 0.25) is 0 Å². The molecule has 1 aliphatic carbocycles. The summed E-state index contributed by atoms with van der Waals surface area (Å²) in [6.07, 6.45) is 6.46. The summed E-state index contributed by atoms with van der Waals surface area (Å²) in [6.45, 7) is 0. The van der Waals surface area contributed by atoms with E-state index in [9.17, 15) is 4.79 Å². The number of amides is 1. The molecule has 3 rings (SSSR count). The third-order valence-corrected chi connectivity index (χ3v) is 3.43. The van der Waals surface area contributed by atoms with Crippen molar-refractivity contribution in [3.05, 3.63) is 42.7 Å². The smallest absolute Gasteiger partial charge is 0.227 e. The Bertz CT molecular complexity index is 562. The Kier molecular flexibility index (Phi) is 3.23. The first kappa shape index (κ1) is 11.8. The van der Waals surface area contributed by atoms with Crippen molar-refractivity contribution >= 4 is 11.6 Å². The van der Waals surface area contributed by atoms with Crippen molar-refractivity contribution in [2.24, 2.45) is 5.92 Å². The molecule has 96 valence electrons. The molecule has 2 aromatic rings. The first-order valence-electron chi connectivity index (χ1n) is 6.51. The number of aromatic nitrogens is 2. The summed E-state index contributed by atoms with van der Waals surface area (Å²) in [6, 6.07) is 9.77. The largest absolute Gasteiger partial charge is 0.323 e. The van der Waals surface area contributed by atoms with E-state index < -0.39 is 0 Å². The van der Waals surface area contributed by atoms with E-state index in [1.54, 1.807) is 12.4 Å². The number of hydrogen-bond acceptors (Lipinski definition) is 3. The third kappa shape index (κ3) is 2.62. The van der Waals surface area contributed by atoms with Gasteiger partial charge in [0, 0.05) is 11.5 Å². The molecule has 1 heterocycles. The van der Waals surface area contributed by atoms with E-state index in [-0.39, 0.29) is 11.8 Å². The Morgan fingerprint density at radius 1 is 1.11 bits per heavy atom. The second-order valence-corrected chi connectivity index (χ2v) is 4.78. The molecule has 1 aromatic heterocycles. The van der Waals surface area contributed by atoms with Crippen LogP contribution < -0.4 is 5.32 Å². The van der Waals surface area contributed by atoms with E-state index in [0.717, 1.165) is 24.8 Å². The number of nitrogens with one attached hydrogen (secondary N) is 1. The van der Waals surface area contributed by atoms with Crippen LogP contribution in [0.4, 0.5) is 5.69 Å². The summed E-state index contributed by atoms with van der Waals surface area (Å²) in [5, 5.41) is 2.86. The molecular weight excluding hydrogens is 238 g/mol. The Balaban J connectivity index is 1.70. The van der Waals surface area contributed by atoms with Crippen molar-refractivity contribution < 1.29 is 4.79 Å². The number of benzene rings is 1. The highest BCUT2D eigenvalue weighted by Crippen LogP contribution is 2.27. The van der Waals surface area contributed by atoms with Crippen LogP contribution in [0.1, 0.15) is 19.3 Å². The second-order valence-electron chi connectivity index (χ2n) is 4.78. The maximum atomic E-state index is 11.8. The van der Waals surface area contributed by atoms with Gasteiger partial charge in [0.2, 0.25) is 5.91 Å². The molecule has 0 saturated heterocycles. The van der Waals surface area contributed by atoms with Gasteiger partial charge >= 0.3 is 0 Å². The van der Waals surface area contributed by atoms with Crippen LogP contribution in [0, 0.1) is 5.92 Å². The number of carbonyl (C=O) groups is 1. The van der Waals surface area contributed by atoms with Gasteiger partial charge in [-0.3, -0.25) is 4.79 Å². The highest BCUT2D eigenvalue weighted by atomic mass is 16.1. The average molecular weight is 253 g/mol. The maximum Gasteiger partial charge on any atom is 0.227 e. The zero-order valence-electron chi connectivity index (χ0n) is 10.5. The van der Waals surface area contributed by atoms with Gasteiger partial charge in [-0.15, -0.1) is 0 Å². The lowest BCUT2D eigenvalue weighted by Gasteiger charge is -2.23. The Labute approximate surface area is 111 Å². The SMILES string of the molecule is O=C(Nc1cnc(-c2ccccc2)nc1)C1CCC1. The van der Waals surface area contributed by atoms with Crippen molar-refractivity contribution in [1.82, 2.24) is 9.97 Å². The first-order valence-corrected chi connectivity index (χ1v) is 6.51. The molecular formula is C15H15N3O. The average Bonchev–Trinajstić information content (AvgIpc) is 2.38. The van der Waals surface area contributed by atoms with Crippen molar-refractivity contribution in [2.45, 2.75) is 19.3 Å². The van der Waals surface area contributed by atoms with Gasteiger partial charge in [0.1, 0.15) is 0 Å². The molecule has 1 saturated carbocycles. The summed E-state index contributed by atoms with van der Waals surface area (Å²) >= 11 is 0. The summed E-state index contributed by atoms with van der Waals surface area (Å²) in [5.74, 6) is 0.929. The number of anilines is 1. The van der Waals surface area contributed by atoms with Crippen LogP contribution in [-0.4, -0.2) is 15.9 Å². The standard InChI is InChI=1S/C15H15N3O/c19-15(12-7-4-8-12)18-13-9-16-14(17-10-13)11-5-2-1-3-6-11/h1-3,5-6,9-10,12H,4,7-8H2,(H,18,19). The highest BCUT2D eigenvalue weighted by Gasteiger charge is 2.25. The van der Waals surface area contributed by atoms with Gasteiger partial charge in [0.15, 0.2) is 5.82 Å². The Hall–Kier alpha value is -2.23. The molecule has 0 atom stereocenters. The van der Waals surface area contributed by atoms with Gasteiger partial charge < -0.3 is 5.32 Å². The van der Waals surface area contributed by atoms with Crippen molar-refractivity contribution in [3.8, 4) is 11.4 Å². The fourth-order valence-electron chi connectivity index (χ4n) is 2.04. The fourth-order valence-corrected chi connectivity index (χ4v) is 2.04. The number of carbonyl (C=O) groups excluding carboxylic acids is 1. The van der Waals surface area contributed by atoms with Gasteiger partial charge in [-0.1, -0.05) is 36.8 Å². The number of rotatable bonds is 3. The molecule has 1 aromatic carbocycles.